The van der Waals surface area contributed by atoms with Gasteiger partial charge in [-0.3, -0.25) is 0 Å². The van der Waals surface area contributed by atoms with Crippen LogP contribution >= 0.6 is 0 Å². The number of nitrogens with two attached hydrogens (primary N) is 1. The first-order valence-electron chi connectivity index (χ1n) is 5.78. The number of anilines is 1. The molecule has 3 rings (SSSR count). The average molecular weight is 255 g/mol. The first kappa shape index (κ1) is 11.7. The highest BCUT2D eigenvalue weighted by Crippen LogP contribution is 2.32. The van der Waals surface area contributed by atoms with E-state index in [1.54, 1.807) is 0 Å². The van der Waals surface area contributed by atoms with Crippen molar-refractivity contribution in [2.45, 2.75) is 24.4 Å². The molecule has 0 spiro atoms. The summed E-state index contributed by atoms with van der Waals surface area (Å²) in [6, 6.07) is 3.95. The lowest BCUT2D eigenvalue weighted by Gasteiger charge is -2.18. The molecule has 2 saturated heterocycles. The van der Waals surface area contributed by atoms with E-state index in [2.05, 4.69) is 0 Å². The molecule has 1 aromatic rings. The van der Waals surface area contributed by atoms with Gasteiger partial charge >= 0.3 is 0 Å². The largest absolute Gasteiger partial charge is 0.483 e. The van der Waals surface area contributed by atoms with Crippen LogP contribution in [0.4, 0.5) is 10.1 Å². The zero-order valence-corrected chi connectivity index (χ0v) is 9.58. The SMILES string of the molecule is Nc1ccc(F)cc1O[C@@H]1CO[C@H]2[C@@H]1OC[C@H]2O. The second-order valence-corrected chi connectivity index (χ2v) is 4.50. The van der Waals surface area contributed by atoms with E-state index in [0.717, 1.165) is 0 Å². The van der Waals surface area contributed by atoms with Crippen molar-refractivity contribution in [1.82, 2.24) is 0 Å². The summed E-state index contributed by atoms with van der Waals surface area (Å²) in [5.41, 5.74) is 6.07. The number of hydrogen-bond acceptors (Lipinski definition) is 5. The average Bonchev–Trinajstić information content (AvgIpc) is 2.89. The summed E-state index contributed by atoms with van der Waals surface area (Å²) in [4.78, 5) is 0. The predicted octanol–water partition coefficient (Wildman–Crippen LogP) is 0.314. The molecule has 98 valence electrons. The summed E-state index contributed by atoms with van der Waals surface area (Å²) in [5.74, 6) is -0.142. The maximum Gasteiger partial charge on any atom is 0.151 e. The normalized spacial score (nSPS) is 34.6. The summed E-state index contributed by atoms with van der Waals surface area (Å²) < 4.78 is 29.6. The van der Waals surface area contributed by atoms with Gasteiger partial charge in [0.05, 0.1) is 18.9 Å². The Hall–Kier alpha value is -1.37. The van der Waals surface area contributed by atoms with Gasteiger partial charge < -0.3 is 25.1 Å². The van der Waals surface area contributed by atoms with E-state index in [1.807, 2.05) is 0 Å². The van der Waals surface area contributed by atoms with Gasteiger partial charge in [-0.1, -0.05) is 0 Å². The van der Waals surface area contributed by atoms with E-state index in [1.165, 1.54) is 18.2 Å². The zero-order chi connectivity index (χ0) is 12.7. The predicted molar refractivity (Wildman–Crippen MR) is 60.7 cm³/mol. The van der Waals surface area contributed by atoms with Crippen LogP contribution in [0.2, 0.25) is 0 Å². The summed E-state index contributed by atoms with van der Waals surface area (Å²) in [7, 11) is 0. The lowest BCUT2D eigenvalue weighted by atomic mass is 10.1. The first-order valence-corrected chi connectivity index (χ1v) is 5.78. The Bertz CT molecular complexity index is 456. The van der Waals surface area contributed by atoms with Crippen molar-refractivity contribution in [3.8, 4) is 5.75 Å². The fraction of sp³-hybridized carbons (Fsp3) is 0.500. The number of halogens is 1. The lowest BCUT2D eigenvalue weighted by molar-refractivity contribution is 0.00871. The van der Waals surface area contributed by atoms with Crippen molar-refractivity contribution < 1.29 is 23.7 Å². The molecule has 2 aliphatic heterocycles. The second kappa shape index (κ2) is 4.38. The molecule has 1 aromatic carbocycles. The van der Waals surface area contributed by atoms with Crippen molar-refractivity contribution in [1.29, 1.82) is 0 Å². The molecule has 0 unspecified atom stereocenters. The quantitative estimate of drug-likeness (QED) is 0.744. The maximum absolute atomic E-state index is 13.1. The molecule has 18 heavy (non-hydrogen) atoms. The van der Waals surface area contributed by atoms with Crippen LogP contribution < -0.4 is 10.5 Å². The number of hydrogen-bond donors (Lipinski definition) is 2. The van der Waals surface area contributed by atoms with Gasteiger partial charge in [-0.2, -0.15) is 0 Å². The number of aliphatic hydroxyl groups is 1. The van der Waals surface area contributed by atoms with Crippen LogP contribution in [0.15, 0.2) is 18.2 Å². The molecule has 0 radical (unpaired) electrons. The van der Waals surface area contributed by atoms with Gasteiger partial charge in [0.25, 0.3) is 0 Å². The molecule has 0 aliphatic carbocycles. The summed E-state index contributed by atoms with van der Waals surface area (Å²) in [6.07, 6.45) is -1.71. The molecule has 6 heteroatoms. The number of nitrogen functional groups attached to an aromatic ring is 1. The van der Waals surface area contributed by atoms with Crippen LogP contribution in [0.5, 0.6) is 5.75 Å². The van der Waals surface area contributed by atoms with Crippen LogP contribution in [0.25, 0.3) is 0 Å². The zero-order valence-electron chi connectivity index (χ0n) is 9.58. The highest BCUT2D eigenvalue weighted by atomic mass is 19.1. The van der Waals surface area contributed by atoms with Gasteiger partial charge in [-0.15, -0.1) is 0 Å². The van der Waals surface area contributed by atoms with Crippen molar-refractivity contribution in [3.63, 3.8) is 0 Å². The molecule has 0 amide bonds. The molecule has 0 aromatic heterocycles. The van der Waals surface area contributed by atoms with E-state index in [4.69, 9.17) is 19.9 Å². The van der Waals surface area contributed by atoms with Crippen LogP contribution in [-0.2, 0) is 9.47 Å². The molecular weight excluding hydrogens is 241 g/mol. The summed E-state index contributed by atoms with van der Waals surface area (Å²) in [6.45, 7) is 0.524. The molecule has 0 saturated carbocycles. The smallest absolute Gasteiger partial charge is 0.151 e. The van der Waals surface area contributed by atoms with E-state index < -0.39 is 11.9 Å². The summed E-state index contributed by atoms with van der Waals surface area (Å²) >= 11 is 0. The van der Waals surface area contributed by atoms with Crippen LogP contribution in [0, 0.1) is 5.82 Å². The van der Waals surface area contributed by atoms with Gasteiger partial charge in [0.15, 0.2) is 6.10 Å². The lowest BCUT2D eigenvalue weighted by Crippen LogP contribution is -2.34. The highest BCUT2D eigenvalue weighted by molar-refractivity contribution is 5.52. The van der Waals surface area contributed by atoms with Crippen molar-refractivity contribution in [3.05, 3.63) is 24.0 Å². The van der Waals surface area contributed by atoms with E-state index >= 15 is 0 Å². The molecule has 4 atom stereocenters. The van der Waals surface area contributed by atoms with E-state index in [0.29, 0.717) is 12.3 Å². The topological polar surface area (TPSA) is 73.9 Å². The van der Waals surface area contributed by atoms with Crippen molar-refractivity contribution in [2.24, 2.45) is 0 Å². The van der Waals surface area contributed by atoms with E-state index in [9.17, 15) is 9.50 Å². The molecule has 3 N–H and O–H groups in total. The van der Waals surface area contributed by atoms with Gasteiger partial charge in [0.2, 0.25) is 0 Å². The number of benzene rings is 1. The minimum atomic E-state index is -0.631. The fourth-order valence-corrected chi connectivity index (χ4v) is 2.32. The second-order valence-electron chi connectivity index (χ2n) is 4.50. The molecule has 0 bridgehead atoms. The number of aliphatic hydroxyl groups excluding tert-OH is 1. The third-order valence-electron chi connectivity index (χ3n) is 3.24. The Labute approximate surface area is 103 Å². The number of rotatable bonds is 2. The minimum absolute atomic E-state index is 0.230. The van der Waals surface area contributed by atoms with Crippen molar-refractivity contribution in [2.75, 3.05) is 18.9 Å². The van der Waals surface area contributed by atoms with Crippen LogP contribution in [0.3, 0.4) is 0 Å². The monoisotopic (exact) mass is 255 g/mol. The molecule has 5 nitrogen and oxygen atoms in total. The standard InChI is InChI=1S/C12H14FNO4/c13-6-1-2-7(14)9(3-6)18-10-5-17-11-8(15)4-16-12(10)11/h1-3,8,10-12,15H,4-5,14H2/t8-,10-,11-,12-/m1/s1. The molecule has 2 aliphatic rings. The third kappa shape index (κ3) is 1.92. The maximum atomic E-state index is 13.1. The minimum Gasteiger partial charge on any atom is -0.483 e. The van der Waals surface area contributed by atoms with Gasteiger partial charge in [-0.05, 0) is 12.1 Å². The highest BCUT2D eigenvalue weighted by Gasteiger charge is 2.48. The van der Waals surface area contributed by atoms with Crippen LogP contribution in [0.1, 0.15) is 0 Å². The molecular formula is C12H14FNO4. The van der Waals surface area contributed by atoms with Gasteiger partial charge in [0.1, 0.15) is 29.9 Å². The van der Waals surface area contributed by atoms with Gasteiger partial charge in [-0.25, -0.2) is 4.39 Å². The summed E-state index contributed by atoms with van der Waals surface area (Å²) in [5, 5.41) is 9.59. The third-order valence-corrected chi connectivity index (χ3v) is 3.24. The van der Waals surface area contributed by atoms with Crippen molar-refractivity contribution >= 4 is 5.69 Å². The number of fused-ring (bicyclic) bond motifs is 1. The Balaban J connectivity index is 1.75. The fourth-order valence-electron chi connectivity index (χ4n) is 2.32. The number of ether oxygens (including phenoxy) is 3. The Morgan fingerprint density at radius 1 is 1.28 bits per heavy atom. The molecule has 2 heterocycles. The van der Waals surface area contributed by atoms with Gasteiger partial charge in [0, 0.05) is 6.07 Å². The van der Waals surface area contributed by atoms with Crippen LogP contribution in [-0.4, -0.2) is 42.7 Å². The Morgan fingerprint density at radius 3 is 2.89 bits per heavy atom. The Morgan fingerprint density at radius 2 is 2.06 bits per heavy atom. The first-order chi connectivity index (χ1) is 8.65. The van der Waals surface area contributed by atoms with E-state index in [-0.39, 0.29) is 30.7 Å². The molecule has 2 fully saturated rings. The Kier molecular flexibility index (Phi) is 2.85.